The molecule has 0 bridgehead atoms. The molecule has 0 aromatic carbocycles. The Morgan fingerprint density at radius 1 is 1.47 bits per heavy atom. The van der Waals surface area contributed by atoms with Crippen LogP contribution in [0.4, 0.5) is 5.82 Å². The van der Waals surface area contributed by atoms with Gasteiger partial charge in [-0.2, -0.15) is 4.98 Å². The number of nitrogens with one attached hydrogen (secondary N) is 1. The van der Waals surface area contributed by atoms with Crippen molar-refractivity contribution in [2.24, 2.45) is 0 Å². The first-order valence-corrected chi connectivity index (χ1v) is 6.20. The van der Waals surface area contributed by atoms with E-state index >= 15 is 0 Å². The number of anilines is 1. The van der Waals surface area contributed by atoms with Gasteiger partial charge in [-0.1, -0.05) is 6.07 Å². The van der Waals surface area contributed by atoms with Crippen molar-refractivity contribution in [2.45, 2.75) is 26.3 Å². The zero-order valence-electron chi connectivity index (χ0n) is 10.9. The van der Waals surface area contributed by atoms with Gasteiger partial charge in [-0.05, 0) is 26.8 Å². The quantitative estimate of drug-likeness (QED) is 0.864. The molecule has 1 N–H and O–H groups in total. The van der Waals surface area contributed by atoms with Crippen LogP contribution in [-0.4, -0.2) is 36.8 Å². The summed E-state index contributed by atoms with van der Waals surface area (Å²) in [6.45, 7) is 10.0. The second-order valence-electron chi connectivity index (χ2n) is 5.00. The Hall–Kier alpha value is -1.29. The van der Waals surface area contributed by atoms with E-state index in [1.165, 1.54) is 0 Å². The molecule has 1 aliphatic rings. The highest BCUT2D eigenvalue weighted by atomic mass is 16.5. The molecule has 0 radical (unpaired) electrons. The monoisotopic (exact) mass is 235 g/mol. The largest absolute Gasteiger partial charge is 0.478 e. The molecule has 0 atom stereocenters. The van der Waals surface area contributed by atoms with Crippen LogP contribution in [0.1, 0.15) is 20.8 Å². The van der Waals surface area contributed by atoms with Crippen LogP contribution >= 0.6 is 0 Å². The van der Waals surface area contributed by atoms with E-state index in [-0.39, 0.29) is 5.54 Å². The molecule has 94 valence electrons. The first-order chi connectivity index (χ1) is 8.11. The summed E-state index contributed by atoms with van der Waals surface area (Å²) in [4.78, 5) is 6.83. The summed E-state index contributed by atoms with van der Waals surface area (Å²) < 4.78 is 5.44. The zero-order valence-corrected chi connectivity index (χ0v) is 10.9. The van der Waals surface area contributed by atoms with Gasteiger partial charge < -0.3 is 15.0 Å². The minimum Gasteiger partial charge on any atom is -0.478 e. The molecule has 0 unspecified atom stereocenters. The number of hydrogen-bond donors (Lipinski definition) is 1. The standard InChI is InChI=1S/C13H21N3O/c1-4-17-12-7-5-6-11(15-12)16-9-8-14-13(2,3)10-16/h5-7,14H,4,8-10H2,1-3H3. The molecule has 1 aromatic heterocycles. The number of aromatic nitrogens is 1. The Morgan fingerprint density at radius 3 is 3.00 bits per heavy atom. The van der Waals surface area contributed by atoms with E-state index < -0.39 is 0 Å². The third kappa shape index (κ3) is 3.09. The molecule has 2 heterocycles. The van der Waals surface area contributed by atoms with Gasteiger partial charge in [0.25, 0.3) is 0 Å². The van der Waals surface area contributed by atoms with Gasteiger partial charge in [0.1, 0.15) is 5.82 Å². The minimum atomic E-state index is 0.140. The molecule has 0 saturated carbocycles. The fourth-order valence-corrected chi connectivity index (χ4v) is 2.15. The molecular formula is C13H21N3O. The second kappa shape index (κ2) is 4.92. The molecule has 1 fully saturated rings. The summed E-state index contributed by atoms with van der Waals surface area (Å²) in [5.41, 5.74) is 0.140. The first kappa shape index (κ1) is 12.2. The van der Waals surface area contributed by atoms with E-state index in [4.69, 9.17) is 4.74 Å². The van der Waals surface area contributed by atoms with Crippen molar-refractivity contribution in [2.75, 3.05) is 31.1 Å². The van der Waals surface area contributed by atoms with Gasteiger partial charge in [0.2, 0.25) is 5.88 Å². The van der Waals surface area contributed by atoms with Crippen LogP contribution in [0.3, 0.4) is 0 Å². The lowest BCUT2D eigenvalue weighted by Gasteiger charge is -2.39. The summed E-state index contributed by atoms with van der Waals surface area (Å²) in [7, 11) is 0. The SMILES string of the molecule is CCOc1cccc(N2CCNC(C)(C)C2)n1. The van der Waals surface area contributed by atoms with Gasteiger partial charge in [0.05, 0.1) is 6.61 Å². The maximum atomic E-state index is 5.44. The Morgan fingerprint density at radius 2 is 2.29 bits per heavy atom. The van der Waals surface area contributed by atoms with E-state index in [0.29, 0.717) is 12.5 Å². The van der Waals surface area contributed by atoms with Crippen molar-refractivity contribution < 1.29 is 4.74 Å². The molecule has 4 heteroatoms. The molecule has 4 nitrogen and oxygen atoms in total. The summed E-state index contributed by atoms with van der Waals surface area (Å²) in [6, 6.07) is 5.95. The molecule has 0 aliphatic carbocycles. The first-order valence-electron chi connectivity index (χ1n) is 6.20. The number of nitrogens with zero attached hydrogens (tertiary/aromatic N) is 2. The van der Waals surface area contributed by atoms with E-state index in [1.54, 1.807) is 0 Å². The van der Waals surface area contributed by atoms with Crippen LogP contribution in [0.15, 0.2) is 18.2 Å². The number of piperazine rings is 1. The van der Waals surface area contributed by atoms with E-state index in [9.17, 15) is 0 Å². The smallest absolute Gasteiger partial charge is 0.215 e. The van der Waals surface area contributed by atoms with Gasteiger partial charge in [0, 0.05) is 31.2 Å². The summed E-state index contributed by atoms with van der Waals surface area (Å²) in [5, 5.41) is 3.50. The fraction of sp³-hybridized carbons (Fsp3) is 0.615. The van der Waals surface area contributed by atoms with Crippen molar-refractivity contribution in [3.8, 4) is 5.88 Å². The predicted octanol–water partition coefficient (Wildman–Crippen LogP) is 1.67. The molecule has 17 heavy (non-hydrogen) atoms. The third-order valence-electron chi connectivity index (χ3n) is 2.90. The molecule has 1 saturated heterocycles. The van der Waals surface area contributed by atoms with Crippen molar-refractivity contribution in [1.82, 2.24) is 10.3 Å². The molecule has 1 aromatic rings. The van der Waals surface area contributed by atoms with E-state index in [0.717, 1.165) is 25.5 Å². The highest BCUT2D eigenvalue weighted by Gasteiger charge is 2.26. The van der Waals surface area contributed by atoms with Crippen LogP contribution < -0.4 is 15.0 Å². The minimum absolute atomic E-state index is 0.140. The van der Waals surface area contributed by atoms with Crippen LogP contribution in [0.2, 0.25) is 0 Å². The van der Waals surface area contributed by atoms with Gasteiger partial charge in [-0.25, -0.2) is 0 Å². The second-order valence-corrected chi connectivity index (χ2v) is 5.00. The van der Waals surface area contributed by atoms with Crippen LogP contribution in [0, 0.1) is 0 Å². The molecule has 0 spiro atoms. The predicted molar refractivity (Wildman–Crippen MR) is 69.7 cm³/mol. The lowest BCUT2D eigenvalue weighted by Crippen LogP contribution is -2.57. The van der Waals surface area contributed by atoms with Gasteiger partial charge >= 0.3 is 0 Å². The van der Waals surface area contributed by atoms with Crippen molar-refractivity contribution in [3.05, 3.63) is 18.2 Å². The van der Waals surface area contributed by atoms with Crippen LogP contribution in [0.5, 0.6) is 5.88 Å². The average Bonchev–Trinajstić information content (AvgIpc) is 2.28. The van der Waals surface area contributed by atoms with Gasteiger partial charge in [-0.15, -0.1) is 0 Å². The normalized spacial score (nSPS) is 19.1. The lowest BCUT2D eigenvalue weighted by molar-refractivity contribution is 0.324. The van der Waals surface area contributed by atoms with E-state index in [1.807, 2.05) is 25.1 Å². The van der Waals surface area contributed by atoms with Gasteiger partial charge in [0.15, 0.2) is 0 Å². The molecule has 1 aliphatic heterocycles. The Labute approximate surface area is 103 Å². The fourth-order valence-electron chi connectivity index (χ4n) is 2.15. The van der Waals surface area contributed by atoms with Crippen molar-refractivity contribution in [1.29, 1.82) is 0 Å². The third-order valence-corrected chi connectivity index (χ3v) is 2.90. The number of hydrogen-bond acceptors (Lipinski definition) is 4. The maximum absolute atomic E-state index is 5.44. The summed E-state index contributed by atoms with van der Waals surface area (Å²) >= 11 is 0. The average molecular weight is 235 g/mol. The number of rotatable bonds is 3. The highest BCUT2D eigenvalue weighted by Crippen LogP contribution is 2.20. The van der Waals surface area contributed by atoms with Crippen LogP contribution in [0.25, 0.3) is 0 Å². The maximum Gasteiger partial charge on any atom is 0.215 e. The zero-order chi connectivity index (χ0) is 12.3. The number of pyridine rings is 1. The Bertz CT molecular complexity index is 379. The Balaban J connectivity index is 2.13. The van der Waals surface area contributed by atoms with Gasteiger partial charge in [-0.3, -0.25) is 0 Å². The molecule has 0 amide bonds. The van der Waals surface area contributed by atoms with E-state index in [2.05, 4.69) is 29.0 Å². The lowest BCUT2D eigenvalue weighted by atomic mass is 10.0. The summed E-state index contributed by atoms with van der Waals surface area (Å²) in [6.07, 6.45) is 0. The summed E-state index contributed by atoms with van der Waals surface area (Å²) in [5.74, 6) is 1.71. The number of ether oxygens (including phenoxy) is 1. The Kier molecular flexibility index (Phi) is 3.52. The molecule has 2 rings (SSSR count). The topological polar surface area (TPSA) is 37.4 Å². The molecular weight excluding hydrogens is 214 g/mol. The van der Waals surface area contributed by atoms with Crippen molar-refractivity contribution in [3.63, 3.8) is 0 Å². The van der Waals surface area contributed by atoms with Crippen molar-refractivity contribution >= 4 is 5.82 Å². The highest BCUT2D eigenvalue weighted by molar-refractivity contribution is 5.42. The van der Waals surface area contributed by atoms with Crippen LogP contribution in [-0.2, 0) is 0 Å².